The van der Waals surface area contributed by atoms with E-state index in [1.165, 1.54) is 6.92 Å². The maximum Gasteiger partial charge on any atom is 0.406 e. The standard InChI is InChI=1S/C22H25F4N3O4/c1-2-16(21(32)33)28-20(31)14-10-29(11-22(24,25)26)18-9-17(15(23)8-13(18)19(14)30)27-12-6-4-3-5-7-12/h8-10,12,16,27H,2-7,11H2,1H3,(H,28,31)(H,32,33). The van der Waals surface area contributed by atoms with Gasteiger partial charge in [0.1, 0.15) is 24.0 Å². The van der Waals surface area contributed by atoms with Crippen molar-refractivity contribution in [2.75, 3.05) is 5.32 Å². The number of benzene rings is 1. The number of pyridine rings is 1. The third-order valence-corrected chi connectivity index (χ3v) is 5.74. The lowest BCUT2D eigenvalue weighted by Crippen LogP contribution is -2.42. The van der Waals surface area contributed by atoms with E-state index in [0.717, 1.165) is 50.4 Å². The summed E-state index contributed by atoms with van der Waals surface area (Å²) in [5, 5.41) is 13.9. The predicted octanol–water partition coefficient (Wildman–Crippen LogP) is 4.04. The van der Waals surface area contributed by atoms with E-state index in [2.05, 4.69) is 10.6 Å². The first kappa shape index (κ1) is 24.5. The number of hydrogen-bond donors (Lipinski definition) is 3. The van der Waals surface area contributed by atoms with Crippen molar-refractivity contribution in [3.05, 3.63) is 39.9 Å². The lowest BCUT2D eigenvalue weighted by atomic mass is 9.95. The molecule has 1 heterocycles. The quantitative estimate of drug-likeness (QED) is 0.530. The largest absolute Gasteiger partial charge is 0.480 e. The van der Waals surface area contributed by atoms with Gasteiger partial charge in [-0.1, -0.05) is 26.2 Å². The summed E-state index contributed by atoms with van der Waals surface area (Å²) in [6.45, 7) is -0.0354. The molecule has 1 aliphatic carbocycles. The molecule has 0 bridgehead atoms. The van der Waals surface area contributed by atoms with Crippen molar-refractivity contribution in [3.63, 3.8) is 0 Å². The van der Waals surface area contributed by atoms with E-state index in [-0.39, 0.29) is 23.7 Å². The molecule has 1 amide bonds. The second-order valence-electron chi connectivity index (χ2n) is 8.22. The van der Waals surface area contributed by atoms with Gasteiger partial charge in [-0.05, 0) is 31.4 Å². The second kappa shape index (κ2) is 9.80. The zero-order valence-electron chi connectivity index (χ0n) is 18.0. The smallest absolute Gasteiger partial charge is 0.406 e. The first-order valence-electron chi connectivity index (χ1n) is 10.7. The molecule has 33 heavy (non-hydrogen) atoms. The molecule has 1 aromatic carbocycles. The molecule has 0 saturated heterocycles. The summed E-state index contributed by atoms with van der Waals surface area (Å²) >= 11 is 0. The molecule has 1 saturated carbocycles. The lowest BCUT2D eigenvalue weighted by Gasteiger charge is -2.24. The summed E-state index contributed by atoms with van der Waals surface area (Å²) < 4.78 is 55.3. The number of nitrogens with one attached hydrogen (secondary N) is 2. The Morgan fingerprint density at radius 2 is 1.88 bits per heavy atom. The van der Waals surface area contributed by atoms with Crippen molar-refractivity contribution in [1.29, 1.82) is 0 Å². The van der Waals surface area contributed by atoms with Crippen molar-refractivity contribution < 1.29 is 32.3 Å². The van der Waals surface area contributed by atoms with Gasteiger partial charge in [0.2, 0.25) is 5.43 Å². The zero-order chi connectivity index (χ0) is 24.3. The van der Waals surface area contributed by atoms with Crippen LogP contribution in [0.3, 0.4) is 0 Å². The van der Waals surface area contributed by atoms with Crippen LogP contribution in [0.15, 0.2) is 23.1 Å². The Morgan fingerprint density at radius 3 is 2.45 bits per heavy atom. The Balaban J connectivity index is 2.10. The number of nitrogens with zero attached hydrogens (tertiary/aromatic N) is 1. The zero-order valence-corrected chi connectivity index (χ0v) is 18.0. The number of halogens is 4. The monoisotopic (exact) mass is 471 g/mol. The van der Waals surface area contributed by atoms with Crippen LogP contribution in [0.25, 0.3) is 10.9 Å². The van der Waals surface area contributed by atoms with E-state index in [4.69, 9.17) is 5.11 Å². The third kappa shape index (κ3) is 5.82. The highest BCUT2D eigenvalue weighted by Crippen LogP contribution is 2.28. The fourth-order valence-electron chi connectivity index (χ4n) is 4.05. The molecule has 180 valence electrons. The van der Waals surface area contributed by atoms with Crippen LogP contribution < -0.4 is 16.1 Å². The fourth-order valence-corrected chi connectivity index (χ4v) is 4.05. The molecule has 2 aromatic rings. The van der Waals surface area contributed by atoms with Gasteiger partial charge in [-0.3, -0.25) is 9.59 Å². The van der Waals surface area contributed by atoms with Gasteiger partial charge in [-0.25, -0.2) is 9.18 Å². The Bertz CT molecular complexity index is 1110. The minimum absolute atomic E-state index is 0.00375. The van der Waals surface area contributed by atoms with E-state index < -0.39 is 52.8 Å². The number of hydrogen-bond acceptors (Lipinski definition) is 4. The molecule has 11 heteroatoms. The Kier molecular flexibility index (Phi) is 7.28. The number of alkyl halides is 3. The average Bonchev–Trinajstić information content (AvgIpc) is 2.74. The van der Waals surface area contributed by atoms with E-state index >= 15 is 0 Å². The highest BCUT2D eigenvalue weighted by Gasteiger charge is 2.30. The van der Waals surface area contributed by atoms with Gasteiger partial charge in [-0.2, -0.15) is 13.2 Å². The third-order valence-electron chi connectivity index (χ3n) is 5.74. The SMILES string of the molecule is CCC(NC(=O)c1cn(CC(F)(F)F)c2cc(NC3CCCCC3)c(F)cc2c1=O)C(=O)O. The molecule has 0 aliphatic heterocycles. The number of anilines is 1. The minimum atomic E-state index is -4.69. The normalized spacial score (nSPS) is 15.9. The number of aliphatic carboxylic acids is 1. The Hall–Kier alpha value is -3.11. The van der Waals surface area contributed by atoms with Gasteiger partial charge in [0, 0.05) is 17.6 Å². The van der Waals surface area contributed by atoms with Crippen LogP contribution in [0.1, 0.15) is 55.8 Å². The highest BCUT2D eigenvalue weighted by molar-refractivity contribution is 5.99. The molecule has 1 unspecified atom stereocenters. The molecule has 0 spiro atoms. The Morgan fingerprint density at radius 1 is 1.21 bits per heavy atom. The fraction of sp³-hybridized carbons (Fsp3) is 0.500. The van der Waals surface area contributed by atoms with E-state index in [1.54, 1.807) is 0 Å². The molecule has 7 nitrogen and oxygen atoms in total. The van der Waals surface area contributed by atoms with Crippen LogP contribution in [0.4, 0.5) is 23.2 Å². The van der Waals surface area contributed by atoms with Crippen molar-refractivity contribution in [2.45, 2.75) is 70.3 Å². The molecule has 1 fully saturated rings. The molecule has 1 aliphatic rings. The number of carboxylic acid groups (broad SMARTS) is 1. The highest BCUT2D eigenvalue weighted by atomic mass is 19.4. The lowest BCUT2D eigenvalue weighted by molar-refractivity contribution is -0.140. The molecule has 3 N–H and O–H groups in total. The number of fused-ring (bicyclic) bond motifs is 1. The maximum absolute atomic E-state index is 14.8. The van der Waals surface area contributed by atoms with E-state index in [1.807, 2.05) is 0 Å². The number of aromatic nitrogens is 1. The van der Waals surface area contributed by atoms with E-state index in [9.17, 15) is 31.9 Å². The molecular formula is C22H25F4N3O4. The summed E-state index contributed by atoms with van der Waals surface area (Å²) in [6, 6.07) is 0.615. The van der Waals surface area contributed by atoms with Gasteiger partial charge in [-0.15, -0.1) is 0 Å². The number of carboxylic acids is 1. The Labute approximate surface area is 186 Å². The molecule has 1 aromatic heterocycles. The molecule has 0 radical (unpaired) electrons. The minimum Gasteiger partial charge on any atom is -0.480 e. The van der Waals surface area contributed by atoms with Gasteiger partial charge in [0.15, 0.2) is 0 Å². The van der Waals surface area contributed by atoms with Crippen LogP contribution in [0, 0.1) is 5.82 Å². The number of amides is 1. The van der Waals surface area contributed by atoms with Crippen LogP contribution in [0.2, 0.25) is 0 Å². The summed E-state index contributed by atoms with van der Waals surface area (Å²) in [6.07, 6.45) is 0.629. The summed E-state index contributed by atoms with van der Waals surface area (Å²) in [7, 11) is 0. The first-order valence-corrected chi connectivity index (χ1v) is 10.7. The van der Waals surface area contributed by atoms with Crippen molar-refractivity contribution in [2.24, 2.45) is 0 Å². The summed E-state index contributed by atoms with van der Waals surface area (Å²) in [5.74, 6) is -3.32. The number of rotatable bonds is 7. The summed E-state index contributed by atoms with van der Waals surface area (Å²) in [4.78, 5) is 36.6. The second-order valence-corrected chi connectivity index (χ2v) is 8.22. The average molecular weight is 471 g/mol. The van der Waals surface area contributed by atoms with Crippen LogP contribution >= 0.6 is 0 Å². The van der Waals surface area contributed by atoms with Crippen molar-refractivity contribution >= 4 is 28.5 Å². The van der Waals surface area contributed by atoms with E-state index in [0.29, 0.717) is 4.57 Å². The van der Waals surface area contributed by atoms with Crippen LogP contribution in [-0.4, -0.2) is 39.8 Å². The molecule has 1 atom stereocenters. The van der Waals surface area contributed by atoms with Crippen LogP contribution in [0.5, 0.6) is 0 Å². The molecular weight excluding hydrogens is 446 g/mol. The maximum atomic E-state index is 14.8. The van der Waals surface area contributed by atoms with Gasteiger partial charge in [0.05, 0.1) is 11.2 Å². The number of carbonyl (C=O) groups excluding carboxylic acids is 1. The van der Waals surface area contributed by atoms with Gasteiger partial charge >= 0.3 is 12.1 Å². The number of carbonyl (C=O) groups is 2. The van der Waals surface area contributed by atoms with Gasteiger partial charge < -0.3 is 20.3 Å². The van der Waals surface area contributed by atoms with Gasteiger partial charge in [0.25, 0.3) is 5.91 Å². The first-order chi connectivity index (χ1) is 15.5. The van der Waals surface area contributed by atoms with Crippen molar-refractivity contribution in [1.82, 2.24) is 9.88 Å². The molecule has 3 rings (SSSR count). The topological polar surface area (TPSA) is 100 Å². The predicted molar refractivity (Wildman–Crippen MR) is 114 cm³/mol. The summed E-state index contributed by atoms with van der Waals surface area (Å²) in [5.41, 5.74) is -1.87. The van der Waals surface area contributed by atoms with Crippen LogP contribution in [-0.2, 0) is 11.3 Å². The van der Waals surface area contributed by atoms with Crippen molar-refractivity contribution in [3.8, 4) is 0 Å².